The number of nitrogens with one attached hydrogen (secondary N) is 1. The first kappa shape index (κ1) is 13.2. The number of ether oxygens (including phenoxy) is 2. The van der Waals surface area contributed by atoms with Crippen molar-refractivity contribution in [3.05, 3.63) is 41.6 Å². The number of aryl methyl sites for hydroxylation is 2. The Kier molecular flexibility index (Phi) is 3.35. The van der Waals surface area contributed by atoms with E-state index < -0.39 is 0 Å². The normalized spacial score (nSPS) is 12.9. The Morgan fingerprint density at radius 3 is 2.90 bits per heavy atom. The number of fused-ring (bicyclic) bond motifs is 1. The van der Waals surface area contributed by atoms with Crippen molar-refractivity contribution in [3.8, 4) is 11.5 Å². The van der Waals surface area contributed by atoms with Crippen molar-refractivity contribution in [2.45, 2.75) is 6.92 Å². The SMILES string of the molecule is Cc1cc(NC(=O)/C=C/c2ccc3c(c2)OCO3)n(C)n1. The molecule has 0 saturated heterocycles. The summed E-state index contributed by atoms with van der Waals surface area (Å²) in [4.78, 5) is 11.9. The minimum Gasteiger partial charge on any atom is -0.454 e. The minimum absolute atomic E-state index is 0.212. The largest absolute Gasteiger partial charge is 0.454 e. The van der Waals surface area contributed by atoms with Crippen LogP contribution in [0.1, 0.15) is 11.3 Å². The third kappa shape index (κ3) is 2.89. The molecule has 0 aliphatic carbocycles. The predicted octanol–water partition coefficient (Wildman–Crippen LogP) is 2.11. The number of amides is 1. The molecule has 1 N–H and O–H groups in total. The maximum atomic E-state index is 11.9. The van der Waals surface area contributed by atoms with Gasteiger partial charge in [-0.2, -0.15) is 5.10 Å². The van der Waals surface area contributed by atoms with Crippen LogP contribution in [0.3, 0.4) is 0 Å². The van der Waals surface area contributed by atoms with Crippen LogP contribution in [0.2, 0.25) is 0 Å². The molecule has 1 amide bonds. The zero-order valence-corrected chi connectivity index (χ0v) is 11.8. The zero-order chi connectivity index (χ0) is 14.8. The number of anilines is 1. The van der Waals surface area contributed by atoms with Crippen LogP contribution < -0.4 is 14.8 Å². The van der Waals surface area contributed by atoms with Gasteiger partial charge >= 0.3 is 0 Å². The third-order valence-corrected chi connectivity index (χ3v) is 3.08. The molecule has 3 rings (SSSR count). The van der Waals surface area contributed by atoms with Gasteiger partial charge < -0.3 is 14.8 Å². The highest BCUT2D eigenvalue weighted by molar-refractivity contribution is 6.01. The average Bonchev–Trinajstić information content (AvgIpc) is 3.02. The minimum atomic E-state index is -0.212. The molecule has 6 heteroatoms. The van der Waals surface area contributed by atoms with Gasteiger partial charge in [0, 0.05) is 19.2 Å². The summed E-state index contributed by atoms with van der Waals surface area (Å²) in [6.07, 6.45) is 3.19. The lowest BCUT2D eigenvalue weighted by molar-refractivity contribution is -0.111. The number of carbonyl (C=O) groups is 1. The highest BCUT2D eigenvalue weighted by Gasteiger charge is 2.12. The topological polar surface area (TPSA) is 65.4 Å². The number of rotatable bonds is 3. The second-order valence-electron chi connectivity index (χ2n) is 4.73. The van der Waals surface area contributed by atoms with Gasteiger partial charge in [0.25, 0.3) is 0 Å². The Morgan fingerprint density at radius 1 is 1.33 bits per heavy atom. The molecule has 0 spiro atoms. The summed E-state index contributed by atoms with van der Waals surface area (Å²) in [6, 6.07) is 7.34. The number of hydrogen-bond acceptors (Lipinski definition) is 4. The van der Waals surface area contributed by atoms with Crippen LogP contribution in [-0.4, -0.2) is 22.5 Å². The lowest BCUT2D eigenvalue weighted by Gasteiger charge is -2.01. The first-order valence-corrected chi connectivity index (χ1v) is 6.51. The van der Waals surface area contributed by atoms with Gasteiger partial charge in [-0.1, -0.05) is 6.07 Å². The molecule has 21 heavy (non-hydrogen) atoms. The van der Waals surface area contributed by atoms with Crippen molar-refractivity contribution in [3.63, 3.8) is 0 Å². The Bertz CT molecular complexity index is 719. The Balaban J connectivity index is 1.68. The van der Waals surface area contributed by atoms with E-state index in [1.54, 1.807) is 17.8 Å². The van der Waals surface area contributed by atoms with E-state index in [-0.39, 0.29) is 12.7 Å². The number of carbonyl (C=O) groups excluding carboxylic acids is 1. The molecule has 0 unspecified atom stereocenters. The highest BCUT2D eigenvalue weighted by Crippen LogP contribution is 2.32. The summed E-state index contributed by atoms with van der Waals surface area (Å²) in [5.41, 5.74) is 1.73. The second-order valence-corrected chi connectivity index (χ2v) is 4.73. The molecule has 0 fully saturated rings. The van der Waals surface area contributed by atoms with Crippen molar-refractivity contribution in [1.29, 1.82) is 0 Å². The molecular formula is C15H15N3O3. The van der Waals surface area contributed by atoms with Crippen LogP contribution in [0.15, 0.2) is 30.3 Å². The van der Waals surface area contributed by atoms with E-state index in [2.05, 4.69) is 10.4 Å². The monoisotopic (exact) mass is 285 g/mol. The van der Waals surface area contributed by atoms with Crippen LogP contribution in [0.4, 0.5) is 5.82 Å². The van der Waals surface area contributed by atoms with Crippen LogP contribution in [0.25, 0.3) is 6.08 Å². The van der Waals surface area contributed by atoms with Crippen LogP contribution >= 0.6 is 0 Å². The van der Waals surface area contributed by atoms with Crippen LogP contribution in [0, 0.1) is 6.92 Å². The Hall–Kier alpha value is -2.76. The van der Waals surface area contributed by atoms with E-state index in [0.717, 1.165) is 17.0 Å². The molecule has 2 heterocycles. The van der Waals surface area contributed by atoms with Crippen molar-refractivity contribution in [2.24, 2.45) is 7.05 Å². The molecule has 1 aromatic carbocycles. The number of nitrogens with zero attached hydrogens (tertiary/aromatic N) is 2. The smallest absolute Gasteiger partial charge is 0.249 e. The predicted molar refractivity (Wildman–Crippen MR) is 78.2 cm³/mol. The number of benzene rings is 1. The van der Waals surface area contributed by atoms with Gasteiger partial charge in [-0.25, -0.2) is 0 Å². The lowest BCUT2D eigenvalue weighted by Crippen LogP contribution is -2.11. The molecular weight excluding hydrogens is 270 g/mol. The molecule has 6 nitrogen and oxygen atoms in total. The number of aromatic nitrogens is 2. The van der Waals surface area contributed by atoms with E-state index >= 15 is 0 Å². The molecule has 0 atom stereocenters. The first-order chi connectivity index (χ1) is 10.1. The van der Waals surface area contributed by atoms with Crippen molar-refractivity contribution in [1.82, 2.24) is 9.78 Å². The third-order valence-electron chi connectivity index (χ3n) is 3.08. The van der Waals surface area contributed by atoms with E-state index in [1.807, 2.05) is 31.2 Å². The molecule has 2 aromatic rings. The molecule has 1 aliphatic rings. The van der Waals surface area contributed by atoms with E-state index in [4.69, 9.17) is 9.47 Å². The van der Waals surface area contributed by atoms with E-state index in [1.165, 1.54) is 6.08 Å². The van der Waals surface area contributed by atoms with Gasteiger partial charge in [0.15, 0.2) is 11.5 Å². The van der Waals surface area contributed by atoms with Crippen LogP contribution in [-0.2, 0) is 11.8 Å². The summed E-state index contributed by atoms with van der Waals surface area (Å²) in [7, 11) is 1.78. The molecule has 0 radical (unpaired) electrons. The molecule has 0 bridgehead atoms. The quantitative estimate of drug-likeness (QED) is 0.877. The van der Waals surface area contributed by atoms with Gasteiger partial charge in [-0.15, -0.1) is 0 Å². The second kappa shape index (κ2) is 5.32. The number of hydrogen-bond donors (Lipinski definition) is 1. The lowest BCUT2D eigenvalue weighted by atomic mass is 10.2. The molecule has 0 saturated carbocycles. The Labute approximate surface area is 122 Å². The fraction of sp³-hybridized carbons (Fsp3) is 0.200. The zero-order valence-electron chi connectivity index (χ0n) is 11.8. The van der Waals surface area contributed by atoms with Crippen molar-refractivity contribution >= 4 is 17.8 Å². The van der Waals surface area contributed by atoms with Gasteiger partial charge in [-0.05, 0) is 30.7 Å². The summed E-state index contributed by atoms with van der Waals surface area (Å²) < 4.78 is 12.2. The summed E-state index contributed by atoms with van der Waals surface area (Å²) in [5.74, 6) is 1.87. The fourth-order valence-electron chi connectivity index (χ4n) is 2.08. The van der Waals surface area contributed by atoms with Crippen LogP contribution in [0.5, 0.6) is 11.5 Å². The van der Waals surface area contributed by atoms with Crippen molar-refractivity contribution < 1.29 is 14.3 Å². The summed E-state index contributed by atoms with van der Waals surface area (Å²) >= 11 is 0. The molecule has 1 aliphatic heterocycles. The maximum Gasteiger partial charge on any atom is 0.249 e. The van der Waals surface area contributed by atoms with Gasteiger partial charge in [-0.3, -0.25) is 9.48 Å². The van der Waals surface area contributed by atoms with Gasteiger partial charge in [0.05, 0.1) is 5.69 Å². The molecule has 108 valence electrons. The van der Waals surface area contributed by atoms with E-state index in [0.29, 0.717) is 11.6 Å². The average molecular weight is 285 g/mol. The Morgan fingerprint density at radius 2 is 2.14 bits per heavy atom. The summed E-state index contributed by atoms with van der Waals surface area (Å²) in [5, 5.41) is 6.94. The van der Waals surface area contributed by atoms with Gasteiger partial charge in [0.1, 0.15) is 5.82 Å². The standard InChI is InChI=1S/C15H15N3O3/c1-10-7-14(18(2)17-10)16-15(19)6-4-11-3-5-12-13(8-11)21-9-20-12/h3-8H,9H2,1-2H3,(H,16,19)/b6-4+. The first-order valence-electron chi connectivity index (χ1n) is 6.51. The maximum absolute atomic E-state index is 11.9. The summed E-state index contributed by atoms with van der Waals surface area (Å²) in [6.45, 7) is 2.11. The van der Waals surface area contributed by atoms with E-state index in [9.17, 15) is 4.79 Å². The fourth-order valence-corrected chi connectivity index (χ4v) is 2.08. The van der Waals surface area contributed by atoms with Crippen molar-refractivity contribution in [2.75, 3.05) is 12.1 Å². The van der Waals surface area contributed by atoms with Gasteiger partial charge in [0.2, 0.25) is 12.7 Å². The highest BCUT2D eigenvalue weighted by atomic mass is 16.7. The molecule has 1 aromatic heterocycles.